The summed E-state index contributed by atoms with van der Waals surface area (Å²) in [6, 6.07) is 5.61. The maximum absolute atomic E-state index is 12.4. The molecule has 3 rings (SSSR count). The monoisotopic (exact) mass is 336 g/mol. The van der Waals surface area contributed by atoms with E-state index in [1.54, 1.807) is 22.8 Å². The van der Waals surface area contributed by atoms with Crippen LogP contribution in [0.5, 0.6) is 0 Å². The predicted molar refractivity (Wildman–Crippen MR) is 85.1 cm³/mol. The largest absolute Gasteiger partial charge is 0.364 e. The zero-order chi connectivity index (χ0) is 16.1. The van der Waals surface area contributed by atoms with Gasteiger partial charge in [0.2, 0.25) is 10.0 Å². The molecule has 124 valence electrons. The van der Waals surface area contributed by atoms with Gasteiger partial charge in [0.1, 0.15) is 12.0 Å². The molecule has 0 N–H and O–H groups in total. The van der Waals surface area contributed by atoms with E-state index in [-0.39, 0.29) is 5.75 Å². The first-order valence-electron chi connectivity index (χ1n) is 7.62. The number of pyridine rings is 1. The van der Waals surface area contributed by atoms with E-state index in [2.05, 4.69) is 15.0 Å². The van der Waals surface area contributed by atoms with Crippen LogP contribution in [0.4, 0.5) is 0 Å². The van der Waals surface area contributed by atoms with Crippen LogP contribution in [-0.2, 0) is 22.2 Å². The third-order valence-electron chi connectivity index (χ3n) is 4.01. The van der Waals surface area contributed by atoms with E-state index < -0.39 is 10.0 Å². The fourth-order valence-corrected chi connectivity index (χ4v) is 4.08. The molecule has 0 amide bonds. The molecule has 1 fully saturated rings. The Kier molecular flexibility index (Phi) is 5.04. The summed E-state index contributed by atoms with van der Waals surface area (Å²) in [6.07, 6.45) is 5.93. The van der Waals surface area contributed by atoms with Crippen molar-refractivity contribution in [1.29, 1.82) is 0 Å². The SMILES string of the molecule is O=S(=O)(Cc1ccon1)N1CCN(CCc2ccncc2)CC1. The number of aromatic nitrogens is 2. The Bertz CT molecular complexity index is 696. The molecule has 1 aliphatic heterocycles. The van der Waals surface area contributed by atoms with E-state index in [1.165, 1.54) is 11.8 Å². The Balaban J connectivity index is 1.48. The van der Waals surface area contributed by atoms with E-state index in [0.717, 1.165) is 26.1 Å². The number of hydrogen-bond donors (Lipinski definition) is 0. The molecule has 0 atom stereocenters. The van der Waals surface area contributed by atoms with Crippen LogP contribution >= 0.6 is 0 Å². The van der Waals surface area contributed by atoms with E-state index in [9.17, 15) is 8.42 Å². The lowest BCUT2D eigenvalue weighted by Crippen LogP contribution is -2.49. The molecule has 7 nitrogen and oxygen atoms in total. The fourth-order valence-electron chi connectivity index (χ4n) is 2.66. The molecule has 0 radical (unpaired) electrons. The molecule has 0 unspecified atom stereocenters. The molecule has 0 bridgehead atoms. The Morgan fingerprint density at radius 1 is 1.09 bits per heavy atom. The first-order valence-corrected chi connectivity index (χ1v) is 9.23. The normalized spacial score (nSPS) is 17.4. The second-order valence-electron chi connectivity index (χ2n) is 5.59. The lowest BCUT2D eigenvalue weighted by atomic mass is 10.2. The summed E-state index contributed by atoms with van der Waals surface area (Å²) < 4.78 is 31.0. The van der Waals surface area contributed by atoms with E-state index in [0.29, 0.717) is 18.8 Å². The van der Waals surface area contributed by atoms with Crippen LogP contribution in [0.1, 0.15) is 11.3 Å². The van der Waals surface area contributed by atoms with Crippen molar-refractivity contribution in [1.82, 2.24) is 19.3 Å². The molecular weight excluding hydrogens is 316 g/mol. The quantitative estimate of drug-likeness (QED) is 0.775. The van der Waals surface area contributed by atoms with Crippen molar-refractivity contribution in [2.24, 2.45) is 0 Å². The Labute approximate surface area is 136 Å². The van der Waals surface area contributed by atoms with Gasteiger partial charge in [-0.15, -0.1) is 0 Å². The van der Waals surface area contributed by atoms with Crippen LogP contribution in [0.3, 0.4) is 0 Å². The second-order valence-corrected chi connectivity index (χ2v) is 7.56. The summed E-state index contributed by atoms with van der Waals surface area (Å²) >= 11 is 0. The third kappa shape index (κ3) is 4.37. The van der Waals surface area contributed by atoms with Crippen molar-refractivity contribution < 1.29 is 12.9 Å². The van der Waals surface area contributed by atoms with Crippen molar-refractivity contribution in [3.05, 3.63) is 48.1 Å². The van der Waals surface area contributed by atoms with Gasteiger partial charge >= 0.3 is 0 Å². The summed E-state index contributed by atoms with van der Waals surface area (Å²) in [5.41, 5.74) is 1.70. The van der Waals surface area contributed by atoms with Crippen LogP contribution in [0.2, 0.25) is 0 Å². The van der Waals surface area contributed by atoms with Gasteiger partial charge in [0.15, 0.2) is 0 Å². The Morgan fingerprint density at radius 2 is 1.83 bits per heavy atom. The van der Waals surface area contributed by atoms with E-state index in [4.69, 9.17) is 4.52 Å². The maximum Gasteiger partial charge on any atom is 0.220 e. The van der Waals surface area contributed by atoms with Crippen LogP contribution in [-0.4, -0.2) is 60.5 Å². The van der Waals surface area contributed by atoms with Gasteiger partial charge in [0.25, 0.3) is 0 Å². The van der Waals surface area contributed by atoms with Crippen molar-refractivity contribution in [2.75, 3.05) is 32.7 Å². The van der Waals surface area contributed by atoms with Crippen molar-refractivity contribution in [2.45, 2.75) is 12.2 Å². The molecule has 0 saturated carbocycles. The average molecular weight is 336 g/mol. The van der Waals surface area contributed by atoms with Gasteiger partial charge in [-0.3, -0.25) is 4.98 Å². The highest BCUT2D eigenvalue weighted by molar-refractivity contribution is 7.88. The van der Waals surface area contributed by atoms with Gasteiger partial charge in [0.05, 0.1) is 5.69 Å². The van der Waals surface area contributed by atoms with Crippen molar-refractivity contribution in [3.63, 3.8) is 0 Å². The highest BCUT2D eigenvalue weighted by atomic mass is 32.2. The van der Waals surface area contributed by atoms with Crippen molar-refractivity contribution >= 4 is 10.0 Å². The second kappa shape index (κ2) is 7.20. The van der Waals surface area contributed by atoms with Gasteiger partial charge in [-0.05, 0) is 24.1 Å². The highest BCUT2D eigenvalue weighted by Crippen LogP contribution is 2.13. The predicted octanol–water partition coefficient (Wildman–Crippen LogP) is 0.760. The number of rotatable bonds is 6. The molecule has 3 heterocycles. The Morgan fingerprint density at radius 3 is 2.48 bits per heavy atom. The van der Waals surface area contributed by atoms with Gasteiger partial charge in [-0.2, -0.15) is 4.31 Å². The minimum absolute atomic E-state index is 0.0967. The standard InChI is InChI=1S/C15H20N4O3S/c20-23(21,13-15-4-12-22-17-15)19-10-8-18(9-11-19)7-3-14-1-5-16-6-2-14/h1-2,4-6,12H,3,7-11,13H2. The molecule has 23 heavy (non-hydrogen) atoms. The highest BCUT2D eigenvalue weighted by Gasteiger charge is 2.27. The van der Waals surface area contributed by atoms with Gasteiger partial charge in [-0.25, -0.2) is 8.42 Å². The summed E-state index contributed by atoms with van der Waals surface area (Å²) in [4.78, 5) is 6.30. The number of nitrogens with zero attached hydrogens (tertiary/aromatic N) is 4. The molecular formula is C15H20N4O3S. The fraction of sp³-hybridized carbons (Fsp3) is 0.467. The number of sulfonamides is 1. The van der Waals surface area contributed by atoms with Crippen LogP contribution in [0.25, 0.3) is 0 Å². The first kappa shape index (κ1) is 16.1. The maximum atomic E-state index is 12.4. The summed E-state index contributed by atoms with van der Waals surface area (Å²) in [7, 11) is -3.32. The van der Waals surface area contributed by atoms with Crippen LogP contribution in [0, 0.1) is 0 Å². The molecule has 0 spiro atoms. The minimum Gasteiger partial charge on any atom is -0.364 e. The zero-order valence-electron chi connectivity index (χ0n) is 12.8. The lowest BCUT2D eigenvalue weighted by Gasteiger charge is -2.33. The lowest BCUT2D eigenvalue weighted by molar-refractivity contribution is 0.190. The smallest absolute Gasteiger partial charge is 0.220 e. The van der Waals surface area contributed by atoms with E-state index >= 15 is 0 Å². The molecule has 2 aromatic rings. The zero-order valence-corrected chi connectivity index (χ0v) is 13.7. The van der Waals surface area contributed by atoms with Crippen molar-refractivity contribution in [3.8, 4) is 0 Å². The van der Waals surface area contributed by atoms with E-state index in [1.807, 2.05) is 12.1 Å². The Hall–Kier alpha value is -1.77. The third-order valence-corrected chi connectivity index (χ3v) is 5.82. The summed E-state index contributed by atoms with van der Waals surface area (Å²) in [5, 5.41) is 3.68. The molecule has 8 heteroatoms. The summed E-state index contributed by atoms with van der Waals surface area (Å²) in [5.74, 6) is -0.0967. The molecule has 1 saturated heterocycles. The van der Waals surface area contributed by atoms with Crippen LogP contribution < -0.4 is 0 Å². The van der Waals surface area contributed by atoms with Gasteiger partial charge in [-0.1, -0.05) is 5.16 Å². The molecule has 2 aromatic heterocycles. The van der Waals surface area contributed by atoms with Gasteiger partial charge in [0, 0.05) is 51.2 Å². The number of piperazine rings is 1. The van der Waals surface area contributed by atoms with Crippen LogP contribution in [0.15, 0.2) is 41.4 Å². The molecule has 1 aliphatic rings. The minimum atomic E-state index is -3.32. The molecule has 0 aliphatic carbocycles. The number of hydrogen-bond acceptors (Lipinski definition) is 6. The average Bonchev–Trinajstić information content (AvgIpc) is 3.06. The first-order chi connectivity index (χ1) is 11.1. The topological polar surface area (TPSA) is 79.5 Å². The van der Waals surface area contributed by atoms with Gasteiger partial charge < -0.3 is 9.42 Å². The summed E-state index contributed by atoms with van der Waals surface area (Å²) in [6.45, 7) is 3.49. The molecule has 0 aromatic carbocycles.